The summed E-state index contributed by atoms with van der Waals surface area (Å²) in [4.78, 5) is 19.6. The molecule has 0 spiro atoms. The number of nitrogens with one attached hydrogen (secondary N) is 1. The highest BCUT2D eigenvalue weighted by Crippen LogP contribution is 2.24. The van der Waals surface area contributed by atoms with Crippen LogP contribution in [0.4, 0.5) is 0 Å². The predicted octanol–water partition coefficient (Wildman–Crippen LogP) is 1.77. The minimum absolute atomic E-state index is 0.139. The summed E-state index contributed by atoms with van der Waals surface area (Å²) in [7, 11) is 1.64. The highest BCUT2D eigenvalue weighted by atomic mass is 32.2. The Hall–Kier alpha value is -0.660. The van der Waals surface area contributed by atoms with E-state index >= 15 is 0 Å². The topological polar surface area (TPSA) is 50.7 Å². The highest BCUT2D eigenvalue weighted by molar-refractivity contribution is 8.00. The molecule has 0 saturated carbocycles. The molecular weight excluding hydrogens is 238 g/mol. The summed E-state index contributed by atoms with van der Waals surface area (Å²) in [6, 6.07) is 0. The van der Waals surface area contributed by atoms with E-state index in [1.54, 1.807) is 7.05 Å². The van der Waals surface area contributed by atoms with Crippen molar-refractivity contribution in [1.29, 1.82) is 0 Å². The van der Waals surface area contributed by atoms with E-state index in [0.717, 1.165) is 9.17 Å². The van der Waals surface area contributed by atoms with Crippen molar-refractivity contribution in [1.82, 2.24) is 14.5 Å². The van der Waals surface area contributed by atoms with Crippen LogP contribution in [0.5, 0.6) is 0 Å². The molecule has 0 aromatic carbocycles. The van der Waals surface area contributed by atoms with Gasteiger partial charge in [-0.25, -0.2) is 4.98 Å². The molecule has 0 bridgehead atoms. The van der Waals surface area contributed by atoms with Crippen molar-refractivity contribution in [2.45, 2.75) is 4.34 Å². The van der Waals surface area contributed by atoms with Gasteiger partial charge in [-0.3, -0.25) is 9.36 Å². The van der Waals surface area contributed by atoms with Crippen LogP contribution in [0.25, 0.3) is 10.3 Å². The maximum absolute atomic E-state index is 11.7. The number of aromatic nitrogens is 3. The molecular formula is C7H7N3OS3. The third-order valence-corrected chi connectivity index (χ3v) is 4.15. The summed E-state index contributed by atoms with van der Waals surface area (Å²) in [5.74, 6) is 0. The summed E-state index contributed by atoms with van der Waals surface area (Å²) in [5, 5.41) is 0. The standard InChI is InChI=1S/C7H7N3OS3/c1-10-5(11)3-4(9-6(10)12)14-7(8-3)13-2/h1-2H3,(H,9,12). The van der Waals surface area contributed by atoms with Crippen molar-refractivity contribution in [3.05, 3.63) is 15.1 Å². The van der Waals surface area contributed by atoms with Crippen molar-refractivity contribution in [2.24, 2.45) is 7.05 Å². The van der Waals surface area contributed by atoms with Crippen LogP contribution in [-0.2, 0) is 7.05 Å². The fraction of sp³-hybridized carbons (Fsp3) is 0.286. The SMILES string of the molecule is CSc1nc2c(=O)n(C)c(=S)[nH]c2s1. The summed E-state index contributed by atoms with van der Waals surface area (Å²) in [6.07, 6.45) is 1.93. The number of thiazole rings is 1. The molecule has 74 valence electrons. The Labute approximate surface area is 93.0 Å². The normalized spacial score (nSPS) is 11.0. The van der Waals surface area contributed by atoms with Crippen LogP contribution in [0.2, 0.25) is 0 Å². The molecule has 0 aliphatic carbocycles. The van der Waals surface area contributed by atoms with Gasteiger partial charge in [0, 0.05) is 7.05 Å². The van der Waals surface area contributed by atoms with Crippen molar-refractivity contribution in [3.63, 3.8) is 0 Å². The van der Waals surface area contributed by atoms with Gasteiger partial charge in [0.1, 0.15) is 4.83 Å². The number of aromatic amines is 1. The molecule has 0 fully saturated rings. The zero-order valence-electron chi connectivity index (χ0n) is 7.53. The highest BCUT2D eigenvalue weighted by Gasteiger charge is 2.08. The van der Waals surface area contributed by atoms with Gasteiger partial charge in [0.2, 0.25) is 0 Å². The van der Waals surface area contributed by atoms with Crippen molar-refractivity contribution >= 4 is 45.7 Å². The van der Waals surface area contributed by atoms with E-state index in [-0.39, 0.29) is 5.56 Å². The number of H-pyrrole nitrogens is 1. The Morgan fingerprint density at radius 1 is 1.64 bits per heavy atom. The van der Waals surface area contributed by atoms with Crippen LogP contribution in [0.3, 0.4) is 0 Å². The Balaban J connectivity index is 2.95. The number of rotatable bonds is 1. The van der Waals surface area contributed by atoms with Crippen molar-refractivity contribution in [2.75, 3.05) is 6.26 Å². The second-order valence-corrected chi connectivity index (χ2v) is 5.10. The van der Waals surface area contributed by atoms with Crippen LogP contribution >= 0.6 is 35.3 Å². The van der Waals surface area contributed by atoms with E-state index in [1.165, 1.54) is 27.7 Å². The number of nitrogens with zero attached hydrogens (tertiary/aromatic N) is 2. The summed E-state index contributed by atoms with van der Waals surface area (Å²) in [6.45, 7) is 0. The van der Waals surface area contributed by atoms with Gasteiger partial charge in [-0.05, 0) is 18.5 Å². The molecule has 7 heteroatoms. The molecule has 0 atom stereocenters. The van der Waals surface area contributed by atoms with E-state index in [2.05, 4.69) is 9.97 Å². The Kier molecular flexibility index (Phi) is 2.46. The molecule has 1 N–H and O–H groups in total. The molecule has 2 aromatic heterocycles. The summed E-state index contributed by atoms with van der Waals surface area (Å²) in [5.41, 5.74) is 0.329. The van der Waals surface area contributed by atoms with Crippen LogP contribution in [0.15, 0.2) is 9.13 Å². The molecule has 4 nitrogen and oxygen atoms in total. The maximum Gasteiger partial charge on any atom is 0.281 e. The monoisotopic (exact) mass is 245 g/mol. The van der Waals surface area contributed by atoms with Gasteiger partial charge >= 0.3 is 0 Å². The minimum Gasteiger partial charge on any atom is -0.322 e. The molecule has 0 amide bonds. The molecule has 14 heavy (non-hydrogen) atoms. The largest absolute Gasteiger partial charge is 0.322 e. The van der Waals surface area contributed by atoms with Crippen molar-refractivity contribution < 1.29 is 0 Å². The zero-order valence-corrected chi connectivity index (χ0v) is 9.98. The number of thioether (sulfide) groups is 1. The number of hydrogen-bond acceptors (Lipinski definition) is 5. The lowest BCUT2D eigenvalue weighted by Crippen LogP contribution is -2.18. The van der Waals surface area contributed by atoms with Crippen LogP contribution in [0.1, 0.15) is 0 Å². The molecule has 2 aromatic rings. The molecule has 2 rings (SSSR count). The predicted molar refractivity (Wildman–Crippen MR) is 61.8 cm³/mol. The fourth-order valence-corrected chi connectivity index (χ4v) is 2.75. The molecule has 0 saturated heterocycles. The average Bonchev–Trinajstić information content (AvgIpc) is 2.57. The summed E-state index contributed by atoms with van der Waals surface area (Å²) < 4.78 is 2.69. The Bertz CT molecular complexity index is 594. The second kappa shape index (κ2) is 3.48. The van der Waals surface area contributed by atoms with Crippen LogP contribution in [0, 0.1) is 4.77 Å². The zero-order chi connectivity index (χ0) is 10.3. The van der Waals surface area contributed by atoms with Gasteiger partial charge in [0.05, 0.1) is 0 Å². The van der Waals surface area contributed by atoms with Crippen LogP contribution in [-0.4, -0.2) is 20.8 Å². The lowest BCUT2D eigenvalue weighted by atomic mass is 10.6. The second-order valence-electron chi connectivity index (χ2n) is 2.66. The molecule has 0 aliphatic heterocycles. The number of hydrogen-bond donors (Lipinski definition) is 1. The van der Waals surface area contributed by atoms with E-state index < -0.39 is 0 Å². The van der Waals surface area contributed by atoms with E-state index in [0.29, 0.717) is 10.3 Å². The molecule has 2 heterocycles. The lowest BCUT2D eigenvalue weighted by Gasteiger charge is -1.95. The smallest absolute Gasteiger partial charge is 0.281 e. The van der Waals surface area contributed by atoms with Gasteiger partial charge in [0.25, 0.3) is 5.56 Å². The molecule has 0 unspecified atom stereocenters. The molecule has 0 aliphatic rings. The van der Waals surface area contributed by atoms with E-state index in [4.69, 9.17) is 12.2 Å². The lowest BCUT2D eigenvalue weighted by molar-refractivity contribution is 0.822. The third-order valence-electron chi connectivity index (χ3n) is 1.81. The maximum atomic E-state index is 11.7. The first-order chi connectivity index (χ1) is 6.63. The Morgan fingerprint density at radius 2 is 2.36 bits per heavy atom. The fourth-order valence-electron chi connectivity index (χ4n) is 1.05. The third kappa shape index (κ3) is 1.41. The minimum atomic E-state index is -0.139. The molecule has 0 radical (unpaired) electrons. The van der Waals surface area contributed by atoms with Gasteiger partial charge in [-0.1, -0.05) is 23.1 Å². The van der Waals surface area contributed by atoms with Crippen molar-refractivity contribution in [3.8, 4) is 0 Å². The average molecular weight is 245 g/mol. The number of fused-ring (bicyclic) bond motifs is 1. The van der Waals surface area contributed by atoms with Gasteiger partial charge in [-0.15, -0.1) is 0 Å². The Morgan fingerprint density at radius 3 is 3.00 bits per heavy atom. The van der Waals surface area contributed by atoms with E-state index in [1.807, 2.05) is 6.26 Å². The first-order valence-electron chi connectivity index (χ1n) is 3.77. The first kappa shape index (κ1) is 9.88. The quantitative estimate of drug-likeness (QED) is 0.614. The van der Waals surface area contributed by atoms with Gasteiger partial charge < -0.3 is 4.98 Å². The van der Waals surface area contributed by atoms with Crippen LogP contribution < -0.4 is 5.56 Å². The summed E-state index contributed by atoms with van der Waals surface area (Å²) >= 11 is 7.96. The first-order valence-corrected chi connectivity index (χ1v) is 6.22. The van der Waals surface area contributed by atoms with Gasteiger partial charge in [-0.2, -0.15) is 0 Å². The van der Waals surface area contributed by atoms with E-state index in [9.17, 15) is 4.79 Å². The van der Waals surface area contributed by atoms with Gasteiger partial charge in [0.15, 0.2) is 14.6 Å².